The van der Waals surface area contributed by atoms with Crippen LogP contribution >= 0.6 is 0 Å². The number of hydrogen-bond acceptors (Lipinski definition) is 2. The molecule has 0 aliphatic heterocycles. The van der Waals surface area contributed by atoms with Gasteiger partial charge in [0.1, 0.15) is 0 Å². The SMILES string of the molecule is Cc1ccccc1CN(C)CC1CCCC(C)(C)C1N. The van der Waals surface area contributed by atoms with Crippen LogP contribution in [-0.4, -0.2) is 24.5 Å². The van der Waals surface area contributed by atoms with Crippen molar-refractivity contribution in [3.05, 3.63) is 35.4 Å². The molecule has 2 N–H and O–H groups in total. The molecule has 0 saturated heterocycles. The summed E-state index contributed by atoms with van der Waals surface area (Å²) < 4.78 is 0. The van der Waals surface area contributed by atoms with Crippen LogP contribution in [0.25, 0.3) is 0 Å². The van der Waals surface area contributed by atoms with Gasteiger partial charge < -0.3 is 10.6 Å². The molecule has 1 aliphatic rings. The molecule has 0 heterocycles. The van der Waals surface area contributed by atoms with E-state index in [9.17, 15) is 0 Å². The molecule has 0 radical (unpaired) electrons. The predicted molar refractivity (Wildman–Crippen MR) is 86.6 cm³/mol. The smallest absolute Gasteiger partial charge is 0.0233 e. The highest BCUT2D eigenvalue weighted by Crippen LogP contribution is 2.38. The molecular formula is C18H30N2. The molecule has 2 rings (SSSR count). The molecule has 1 fully saturated rings. The Kier molecular flexibility index (Phi) is 4.87. The average molecular weight is 274 g/mol. The normalized spacial score (nSPS) is 25.9. The minimum Gasteiger partial charge on any atom is -0.327 e. The van der Waals surface area contributed by atoms with Gasteiger partial charge in [-0.1, -0.05) is 44.5 Å². The molecule has 1 aliphatic carbocycles. The summed E-state index contributed by atoms with van der Waals surface area (Å²) in [5, 5.41) is 0. The first-order valence-electron chi connectivity index (χ1n) is 7.89. The van der Waals surface area contributed by atoms with E-state index in [-0.39, 0.29) is 0 Å². The van der Waals surface area contributed by atoms with Gasteiger partial charge in [-0.05, 0) is 49.3 Å². The fraction of sp³-hybridized carbons (Fsp3) is 0.667. The second-order valence-electron chi connectivity index (χ2n) is 7.29. The Morgan fingerprint density at radius 3 is 2.70 bits per heavy atom. The maximum atomic E-state index is 6.50. The fourth-order valence-electron chi connectivity index (χ4n) is 3.55. The molecule has 112 valence electrons. The van der Waals surface area contributed by atoms with E-state index in [4.69, 9.17) is 5.73 Å². The Labute approximate surface area is 124 Å². The highest BCUT2D eigenvalue weighted by Gasteiger charge is 2.36. The number of benzene rings is 1. The highest BCUT2D eigenvalue weighted by molar-refractivity contribution is 5.25. The van der Waals surface area contributed by atoms with Gasteiger partial charge in [-0.3, -0.25) is 0 Å². The molecule has 0 aromatic heterocycles. The van der Waals surface area contributed by atoms with Gasteiger partial charge in [0, 0.05) is 19.1 Å². The zero-order chi connectivity index (χ0) is 14.8. The number of nitrogens with zero attached hydrogens (tertiary/aromatic N) is 1. The molecule has 0 amide bonds. The molecule has 2 atom stereocenters. The summed E-state index contributed by atoms with van der Waals surface area (Å²) in [5.41, 5.74) is 9.61. The molecule has 0 bridgehead atoms. The highest BCUT2D eigenvalue weighted by atomic mass is 15.1. The van der Waals surface area contributed by atoms with Crippen molar-refractivity contribution in [3.8, 4) is 0 Å². The van der Waals surface area contributed by atoms with E-state index >= 15 is 0 Å². The van der Waals surface area contributed by atoms with Crippen LogP contribution < -0.4 is 5.73 Å². The predicted octanol–water partition coefficient (Wildman–Crippen LogP) is 3.58. The standard InChI is InChI=1S/C18H30N2/c1-14-8-5-6-9-15(14)12-20(4)13-16-10-7-11-18(2,3)17(16)19/h5-6,8-9,16-17H,7,10-13,19H2,1-4H3. The van der Waals surface area contributed by atoms with Crippen LogP contribution in [-0.2, 0) is 6.54 Å². The van der Waals surface area contributed by atoms with Crippen LogP contribution in [0.2, 0.25) is 0 Å². The van der Waals surface area contributed by atoms with Crippen LogP contribution in [0.15, 0.2) is 24.3 Å². The lowest BCUT2D eigenvalue weighted by Crippen LogP contribution is -2.49. The van der Waals surface area contributed by atoms with Crippen LogP contribution in [0, 0.1) is 18.3 Å². The third kappa shape index (κ3) is 3.62. The van der Waals surface area contributed by atoms with E-state index in [1.807, 2.05) is 0 Å². The maximum absolute atomic E-state index is 6.50. The van der Waals surface area contributed by atoms with Crippen molar-refractivity contribution in [2.75, 3.05) is 13.6 Å². The Hall–Kier alpha value is -0.860. The topological polar surface area (TPSA) is 29.3 Å². The lowest BCUT2D eigenvalue weighted by molar-refractivity contribution is 0.109. The minimum absolute atomic E-state index is 0.298. The van der Waals surface area contributed by atoms with Crippen molar-refractivity contribution < 1.29 is 0 Å². The molecule has 2 heteroatoms. The molecule has 1 aromatic rings. The quantitative estimate of drug-likeness (QED) is 0.909. The van der Waals surface area contributed by atoms with Crippen LogP contribution in [0.1, 0.15) is 44.2 Å². The summed E-state index contributed by atoms with van der Waals surface area (Å²) in [5.74, 6) is 0.632. The first-order chi connectivity index (χ1) is 9.40. The van der Waals surface area contributed by atoms with Crippen molar-refractivity contribution >= 4 is 0 Å². The number of hydrogen-bond donors (Lipinski definition) is 1. The molecule has 2 unspecified atom stereocenters. The van der Waals surface area contributed by atoms with E-state index in [1.165, 1.54) is 30.4 Å². The molecule has 2 nitrogen and oxygen atoms in total. The number of nitrogens with two attached hydrogens (primary N) is 1. The number of rotatable bonds is 4. The average Bonchev–Trinajstić information content (AvgIpc) is 2.38. The first kappa shape index (κ1) is 15.5. The minimum atomic E-state index is 0.298. The summed E-state index contributed by atoms with van der Waals surface area (Å²) >= 11 is 0. The van der Waals surface area contributed by atoms with E-state index in [1.54, 1.807) is 0 Å². The van der Waals surface area contributed by atoms with E-state index < -0.39 is 0 Å². The maximum Gasteiger partial charge on any atom is 0.0233 e. The van der Waals surface area contributed by atoms with E-state index in [0.29, 0.717) is 17.4 Å². The number of aryl methyl sites for hydroxylation is 1. The van der Waals surface area contributed by atoms with E-state index in [2.05, 4.69) is 57.0 Å². The zero-order valence-corrected chi connectivity index (χ0v) is 13.5. The van der Waals surface area contributed by atoms with Crippen LogP contribution in [0.3, 0.4) is 0 Å². The third-order valence-electron chi connectivity index (χ3n) is 5.05. The Morgan fingerprint density at radius 2 is 2.00 bits per heavy atom. The van der Waals surface area contributed by atoms with Gasteiger partial charge in [0.05, 0.1) is 0 Å². The molecular weight excluding hydrogens is 244 g/mol. The van der Waals surface area contributed by atoms with Gasteiger partial charge in [-0.25, -0.2) is 0 Å². The summed E-state index contributed by atoms with van der Waals surface area (Å²) in [4.78, 5) is 2.44. The largest absolute Gasteiger partial charge is 0.327 e. The third-order valence-corrected chi connectivity index (χ3v) is 5.05. The Balaban J connectivity index is 1.94. The van der Waals surface area contributed by atoms with Gasteiger partial charge in [0.25, 0.3) is 0 Å². The van der Waals surface area contributed by atoms with Crippen LogP contribution in [0.4, 0.5) is 0 Å². The first-order valence-corrected chi connectivity index (χ1v) is 7.89. The lowest BCUT2D eigenvalue weighted by atomic mass is 9.68. The summed E-state index contributed by atoms with van der Waals surface area (Å²) in [6, 6.07) is 9.00. The van der Waals surface area contributed by atoms with Gasteiger partial charge in [0.15, 0.2) is 0 Å². The lowest BCUT2D eigenvalue weighted by Gasteiger charge is -2.43. The summed E-state index contributed by atoms with van der Waals surface area (Å²) in [6.07, 6.45) is 3.87. The van der Waals surface area contributed by atoms with Crippen molar-refractivity contribution in [3.63, 3.8) is 0 Å². The van der Waals surface area contributed by atoms with Gasteiger partial charge in [-0.2, -0.15) is 0 Å². The molecule has 20 heavy (non-hydrogen) atoms. The van der Waals surface area contributed by atoms with Gasteiger partial charge in [0.2, 0.25) is 0 Å². The molecule has 1 aromatic carbocycles. The van der Waals surface area contributed by atoms with Gasteiger partial charge >= 0.3 is 0 Å². The van der Waals surface area contributed by atoms with Crippen LogP contribution in [0.5, 0.6) is 0 Å². The monoisotopic (exact) mass is 274 g/mol. The molecule has 0 spiro atoms. The second-order valence-corrected chi connectivity index (χ2v) is 7.29. The summed E-state index contributed by atoms with van der Waals surface area (Å²) in [6.45, 7) is 8.98. The zero-order valence-electron chi connectivity index (χ0n) is 13.5. The van der Waals surface area contributed by atoms with Gasteiger partial charge in [-0.15, -0.1) is 0 Å². The fourth-order valence-corrected chi connectivity index (χ4v) is 3.55. The van der Waals surface area contributed by atoms with Crippen molar-refractivity contribution in [2.45, 2.75) is 52.6 Å². The van der Waals surface area contributed by atoms with Crippen molar-refractivity contribution in [1.82, 2.24) is 4.90 Å². The molecule has 1 saturated carbocycles. The van der Waals surface area contributed by atoms with Crippen molar-refractivity contribution in [2.24, 2.45) is 17.1 Å². The Bertz CT molecular complexity index is 439. The van der Waals surface area contributed by atoms with E-state index in [0.717, 1.165) is 13.1 Å². The van der Waals surface area contributed by atoms with Crippen molar-refractivity contribution in [1.29, 1.82) is 0 Å². The second kappa shape index (κ2) is 6.28. The Morgan fingerprint density at radius 1 is 1.30 bits per heavy atom. The summed E-state index contributed by atoms with van der Waals surface area (Å²) in [7, 11) is 2.22.